The largest absolute Gasteiger partial charge is 0.465 e. The van der Waals surface area contributed by atoms with E-state index in [-0.39, 0.29) is 11.9 Å². The quantitative estimate of drug-likeness (QED) is 0.759. The second-order valence-electron chi connectivity index (χ2n) is 3.79. The van der Waals surface area contributed by atoms with Crippen LogP contribution in [0.15, 0.2) is 24.3 Å². The van der Waals surface area contributed by atoms with Gasteiger partial charge in [0.1, 0.15) is 5.82 Å². The van der Waals surface area contributed by atoms with Gasteiger partial charge in [-0.2, -0.15) is 0 Å². The summed E-state index contributed by atoms with van der Waals surface area (Å²) in [5.74, 6) is -0.299. The molecule has 1 saturated heterocycles. The highest BCUT2D eigenvalue weighted by Crippen LogP contribution is 2.18. The molecule has 0 aliphatic carbocycles. The van der Waals surface area contributed by atoms with Crippen LogP contribution in [0.4, 0.5) is 9.18 Å². The van der Waals surface area contributed by atoms with Crippen LogP contribution in [-0.2, 0) is 0 Å². The highest BCUT2D eigenvalue weighted by atomic mass is 19.1. The Kier molecular flexibility index (Phi) is 3.05. The van der Waals surface area contributed by atoms with Crippen molar-refractivity contribution in [1.82, 2.24) is 10.2 Å². The normalized spacial score (nSPS) is 20.8. The van der Waals surface area contributed by atoms with Crippen molar-refractivity contribution in [3.63, 3.8) is 0 Å². The fourth-order valence-corrected chi connectivity index (χ4v) is 1.87. The van der Waals surface area contributed by atoms with E-state index in [1.807, 2.05) is 0 Å². The second-order valence-corrected chi connectivity index (χ2v) is 3.79. The molecule has 1 aromatic carbocycles. The monoisotopic (exact) mass is 224 g/mol. The lowest BCUT2D eigenvalue weighted by molar-refractivity contribution is 0.129. The van der Waals surface area contributed by atoms with Gasteiger partial charge in [-0.15, -0.1) is 0 Å². The summed E-state index contributed by atoms with van der Waals surface area (Å²) in [7, 11) is 0. The van der Waals surface area contributed by atoms with Crippen molar-refractivity contribution in [3.8, 4) is 0 Å². The Morgan fingerprint density at radius 2 is 2.38 bits per heavy atom. The smallest absolute Gasteiger partial charge is 0.407 e. The molecule has 4 nitrogen and oxygen atoms in total. The maximum Gasteiger partial charge on any atom is 0.407 e. The third-order valence-corrected chi connectivity index (χ3v) is 2.70. The van der Waals surface area contributed by atoms with E-state index in [9.17, 15) is 9.18 Å². The molecule has 0 saturated carbocycles. The molecule has 1 atom stereocenters. The minimum atomic E-state index is -0.928. The SMILES string of the molecule is O=C(O)N1CCNC(c2cccc(F)c2)C1. The molecule has 1 heterocycles. The Hall–Kier alpha value is -1.62. The summed E-state index contributed by atoms with van der Waals surface area (Å²) >= 11 is 0. The molecule has 86 valence electrons. The number of hydrogen-bond acceptors (Lipinski definition) is 2. The summed E-state index contributed by atoms with van der Waals surface area (Å²) in [6, 6.07) is 6.11. The van der Waals surface area contributed by atoms with Crippen molar-refractivity contribution in [2.45, 2.75) is 6.04 Å². The van der Waals surface area contributed by atoms with Gasteiger partial charge < -0.3 is 15.3 Å². The first kappa shape index (κ1) is 10.9. The molecular formula is C11H13FN2O2. The lowest BCUT2D eigenvalue weighted by Gasteiger charge is -2.32. The van der Waals surface area contributed by atoms with Crippen LogP contribution in [0.3, 0.4) is 0 Å². The molecule has 1 aliphatic heterocycles. The Bertz CT molecular complexity index is 397. The number of halogens is 1. The van der Waals surface area contributed by atoms with E-state index in [0.29, 0.717) is 19.6 Å². The standard InChI is InChI=1S/C11H13FN2O2/c12-9-3-1-2-8(6-9)10-7-14(11(15)16)5-4-13-10/h1-3,6,10,13H,4-5,7H2,(H,15,16). The number of hydrogen-bond donors (Lipinski definition) is 2. The number of rotatable bonds is 1. The fourth-order valence-electron chi connectivity index (χ4n) is 1.87. The molecular weight excluding hydrogens is 211 g/mol. The highest BCUT2D eigenvalue weighted by Gasteiger charge is 2.23. The topological polar surface area (TPSA) is 52.6 Å². The van der Waals surface area contributed by atoms with Gasteiger partial charge in [-0.1, -0.05) is 12.1 Å². The Balaban J connectivity index is 2.12. The molecule has 5 heteroatoms. The number of nitrogens with zero attached hydrogens (tertiary/aromatic N) is 1. The van der Waals surface area contributed by atoms with Crippen molar-refractivity contribution in [1.29, 1.82) is 0 Å². The second kappa shape index (κ2) is 4.49. The lowest BCUT2D eigenvalue weighted by Crippen LogP contribution is -2.47. The maximum absolute atomic E-state index is 13.0. The summed E-state index contributed by atoms with van der Waals surface area (Å²) in [5.41, 5.74) is 0.783. The lowest BCUT2D eigenvalue weighted by atomic mass is 10.0. The van der Waals surface area contributed by atoms with Gasteiger partial charge >= 0.3 is 6.09 Å². The zero-order chi connectivity index (χ0) is 11.5. The predicted octanol–water partition coefficient (Wildman–Crippen LogP) is 1.45. The van der Waals surface area contributed by atoms with E-state index in [1.165, 1.54) is 17.0 Å². The molecule has 1 unspecified atom stereocenters. The van der Waals surface area contributed by atoms with E-state index in [4.69, 9.17) is 5.11 Å². The van der Waals surface area contributed by atoms with Crippen LogP contribution < -0.4 is 5.32 Å². The van der Waals surface area contributed by atoms with Crippen LogP contribution >= 0.6 is 0 Å². The molecule has 2 N–H and O–H groups in total. The zero-order valence-electron chi connectivity index (χ0n) is 8.69. The van der Waals surface area contributed by atoms with Gasteiger partial charge in [0.15, 0.2) is 0 Å². The Labute approximate surface area is 92.7 Å². The zero-order valence-corrected chi connectivity index (χ0v) is 8.69. The first-order valence-corrected chi connectivity index (χ1v) is 5.13. The Morgan fingerprint density at radius 3 is 3.06 bits per heavy atom. The number of nitrogens with one attached hydrogen (secondary N) is 1. The third-order valence-electron chi connectivity index (χ3n) is 2.70. The van der Waals surface area contributed by atoms with Gasteiger partial charge in [0.05, 0.1) is 6.04 Å². The maximum atomic E-state index is 13.0. The van der Waals surface area contributed by atoms with Gasteiger partial charge in [-0.05, 0) is 17.7 Å². The number of piperazine rings is 1. The van der Waals surface area contributed by atoms with E-state index >= 15 is 0 Å². The Morgan fingerprint density at radius 1 is 1.56 bits per heavy atom. The predicted molar refractivity (Wildman–Crippen MR) is 56.7 cm³/mol. The van der Waals surface area contributed by atoms with Crippen LogP contribution in [0, 0.1) is 5.82 Å². The molecule has 1 aliphatic rings. The molecule has 1 aromatic rings. The van der Waals surface area contributed by atoms with E-state index in [0.717, 1.165) is 5.56 Å². The summed E-state index contributed by atoms with van der Waals surface area (Å²) in [4.78, 5) is 12.2. The van der Waals surface area contributed by atoms with Crippen LogP contribution in [0.5, 0.6) is 0 Å². The van der Waals surface area contributed by atoms with Crippen molar-refractivity contribution >= 4 is 6.09 Å². The van der Waals surface area contributed by atoms with E-state index < -0.39 is 6.09 Å². The number of carboxylic acid groups (broad SMARTS) is 1. The number of carbonyl (C=O) groups is 1. The van der Waals surface area contributed by atoms with Gasteiger partial charge in [-0.3, -0.25) is 0 Å². The fraction of sp³-hybridized carbons (Fsp3) is 0.364. The molecule has 0 bridgehead atoms. The molecule has 1 fully saturated rings. The van der Waals surface area contributed by atoms with Crippen LogP contribution in [0.1, 0.15) is 11.6 Å². The van der Waals surface area contributed by atoms with Gasteiger partial charge in [0.25, 0.3) is 0 Å². The van der Waals surface area contributed by atoms with Crippen LogP contribution in [0.25, 0.3) is 0 Å². The average Bonchev–Trinajstić information content (AvgIpc) is 2.29. The molecule has 0 radical (unpaired) electrons. The minimum Gasteiger partial charge on any atom is -0.465 e. The molecule has 0 spiro atoms. The number of amides is 1. The van der Waals surface area contributed by atoms with Gasteiger partial charge in [-0.25, -0.2) is 9.18 Å². The molecule has 0 aromatic heterocycles. The van der Waals surface area contributed by atoms with Crippen molar-refractivity contribution in [3.05, 3.63) is 35.6 Å². The third kappa shape index (κ3) is 2.30. The highest BCUT2D eigenvalue weighted by molar-refractivity contribution is 5.65. The van der Waals surface area contributed by atoms with Crippen LogP contribution in [-0.4, -0.2) is 35.7 Å². The average molecular weight is 224 g/mol. The first-order chi connectivity index (χ1) is 7.66. The summed E-state index contributed by atoms with van der Waals surface area (Å²) in [6.45, 7) is 1.42. The molecule has 1 amide bonds. The molecule has 2 rings (SSSR count). The van der Waals surface area contributed by atoms with Crippen molar-refractivity contribution in [2.75, 3.05) is 19.6 Å². The molecule has 16 heavy (non-hydrogen) atoms. The van der Waals surface area contributed by atoms with Crippen molar-refractivity contribution < 1.29 is 14.3 Å². The summed E-state index contributed by atoms with van der Waals surface area (Å²) < 4.78 is 13.0. The van der Waals surface area contributed by atoms with Gasteiger partial charge in [0, 0.05) is 19.6 Å². The van der Waals surface area contributed by atoms with E-state index in [2.05, 4.69) is 5.32 Å². The summed E-state index contributed by atoms with van der Waals surface area (Å²) in [6.07, 6.45) is -0.928. The first-order valence-electron chi connectivity index (χ1n) is 5.13. The van der Waals surface area contributed by atoms with Crippen LogP contribution in [0.2, 0.25) is 0 Å². The minimum absolute atomic E-state index is 0.124. The summed E-state index contributed by atoms with van der Waals surface area (Å²) in [5, 5.41) is 12.1. The number of benzene rings is 1. The van der Waals surface area contributed by atoms with E-state index in [1.54, 1.807) is 12.1 Å². The van der Waals surface area contributed by atoms with Gasteiger partial charge in [0.2, 0.25) is 0 Å². The van der Waals surface area contributed by atoms with Crippen molar-refractivity contribution in [2.24, 2.45) is 0 Å².